The SMILES string of the molecule is O=C([O-])CCN1C(=O)C(=C2C(=O)N(CC(=O)[O-])c3ccccc32)SC1=S. The van der Waals surface area contributed by atoms with Crippen molar-refractivity contribution in [2.75, 3.05) is 18.0 Å². The monoisotopic (exact) mass is 390 g/mol. The van der Waals surface area contributed by atoms with Crippen LogP contribution in [0.2, 0.25) is 0 Å². The van der Waals surface area contributed by atoms with Gasteiger partial charge in [-0.25, -0.2) is 0 Å². The molecule has 134 valence electrons. The Bertz CT molecular complexity index is 894. The van der Waals surface area contributed by atoms with Gasteiger partial charge in [-0.2, -0.15) is 0 Å². The number of amides is 2. The van der Waals surface area contributed by atoms with Crippen molar-refractivity contribution in [1.29, 1.82) is 0 Å². The van der Waals surface area contributed by atoms with Crippen LogP contribution in [0.4, 0.5) is 5.69 Å². The van der Waals surface area contributed by atoms with Crippen LogP contribution in [0.5, 0.6) is 0 Å². The lowest BCUT2D eigenvalue weighted by Crippen LogP contribution is -2.39. The number of carbonyl (C=O) groups excluding carboxylic acids is 4. The lowest BCUT2D eigenvalue weighted by molar-refractivity contribution is -0.306. The number of hydrogen-bond donors (Lipinski definition) is 0. The quantitative estimate of drug-likeness (QED) is 0.440. The molecule has 26 heavy (non-hydrogen) atoms. The van der Waals surface area contributed by atoms with Gasteiger partial charge in [0.2, 0.25) is 0 Å². The van der Waals surface area contributed by atoms with E-state index in [-0.39, 0.29) is 21.3 Å². The Morgan fingerprint density at radius 1 is 1.04 bits per heavy atom. The zero-order valence-corrected chi connectivity index (χ0v) is 14.7. The van der Waals surface area contributed by atoms with Crippen molar-refractivity contribution in [2.45, 2.75) is 6.42 Å². The van der Waals surface area contributed by atoms with Crippen molar-refractivity contribution in [1.82, 2.24) is 4.90 Å². The lowest BCUT2D eigenvalue weighted by Gasteiger charge is -2.17. The van der Waals surface area contributed by atoms with Crippen LogP contribution < -0.4 is 15.1 Å². The summed E-state index contributed by atoms with van der Waals surface area (Å²) in [7, 11) is 0. The molecule has 3 rings (SSSR count). The molecular formula is C16H10N2O6S2-2. The molecule has 0 saturated carbocycles. The summed E-state index contributed by atoms with van der Waals surface area (Å²) in [5, 5.41) is 21.6. The largest absolute Gasteiger partial charge is 0.550 e. The minimum atomic E-state index is -1.43. The van der Waals surface area contributed by atoms with Crippen LogP contribution in [0.15, 0.2) is 29.2 Å². The molecule has 0 unspecified atom stereocenters. The van der Waals surface area contributed by atoms with E-state index in [0.29, 0.717) is 11.3 Å². The summed E-state index contributed by atoms with van der Waals surface area (Å²) in [6, 6.07) is 6.47. The second kappa shape index (κ2) is 6.89. The van der Waals surface area contributed by atoms with Gasteiger partial charge >= 0.3 is 0 Å². The maximum atomic E-state index is 12.8. The number of thiocarbonyl (C=S) groups is 1. The summed E-state index contributed by atoms with van der Waals surface area (Å²) < 4.78 is 0.127. The Labute approximate surface area is 157 Å². The summed E-state index contributed by atoms with van der Waals surface area (Å²) >= 11 is 5.99. The molecule has 0 atom stereocenters. The summed E-state index contributed by atoms with van der Waals surface area (Å²) in [5.41, 5.74) is 0.825. The van der Waals surface area contributed by atoms with Gasteiger partial charge in [0.1, 0.15) is 4.32 Å². The molecule has 10 heteroatoms. The van der Waals surface area contributed by atoms with Gasteiger partial charge in [-0.15, -0.1) is 0 Å². The van der Waals surface area contributed by atoms with Crippen LogP contribution in [-0.4, -0.2) is 46.1 Å². The molecule has 0 spiro atoms. The van der Waals surface area contributed by atoms with Crippen LogP contribution in [0, 0.1) is 0 Å². The third-order valence-corrected chi connectivity index (χ3v) is 5.27. The average molecular weight is 390 g/mol. The third-order valence-electron chi connectivity index (χ3n) is 3.83. The maximum absolute atomic E-state index is 12.8. The van der Waals surface area contributed by atoms with Gasteiger partial charge in [-0.3, -0.25) is 14.5 Å². The van der Waals surface area contributed by atoms with Crippen LogP contribution in [0.1, 0.15) is 12.0 Å². The van der Waals surface area contributed by atoms with Crippen molar-refractivity contribution in [3.63, 3.8) is 0 Å². The minimum Gasteiger partial charge on any atom is -0.550 e. The minimum absolute atomic E-state index is 0.0478. The van der Waals surface area contributed by atoms with Crippen LogP contribution in [-0.2, 0) is 19.2 Å². The fraction of sp³-hybridized carbons (Fsp3) is 0.188. The molecule has 0 aromatic heterocycles. The first kappa shape index (κ1) is 18.1. The summed E-state index contributed by atoms with van der Waals surface area (Å²) in [6.07, 6.45) is -0.392. The lowest BCUT2D eigenvalue weighted by atomic mass is 10.1. The molecule has 1 aromatic rings. The van der Waals surface area contributed by atoms with Gasteiger partial charge in [0, 0.05) is 24.5 Å². The predicted octanol–water partition coefficient (Wildman–Crippen LogP) is -1.51. The number of para-hydroxylation sites is 1. The van der Waals surface area contributed by atoms with Crippen molar-refractivity contribution in [2.24, 2.45) is 0 Å². The summed E-state index contributed by atoms with van der Waals surface area (Å²) in [5.74, 6) is -3.99. The van der Waals surface area contributed by atoms with E-state index in [2.05, 4.69) is 0 Å². The zero-order valence-electron chi connectivity index (χ0n) is 13.1. The van der Waals surface area contributed by atoms with E-state index in [1.807, 2.05) is 0 Å². The highest BCUT2D eigenvalue weighted by molar-refractivity contribution is 8.26. The molecule has 1 fully saturated rings. The molecule has 0 radical (unpaired) electrons. The highest BCUT2D eigenvalue weighted by Crippen LogP contribution is 2.44. The van der Waals surface area contributed by atoms with Crippen LogP contribution >= 0.6 is 24.0 Å². The molecule has 2 amide bonds. The first-order valence-electron chi connectivity index (χ1n) is 7.40. The number of carboxylic acids is 2. The van der Waals surface area contributed by atoms with Crippen molar-refractivity contribution in [3.8, 4) is 0 Å². The highest BCUT2D eigenvalue weighted by atomic mass is 32.2. The smallest absolute Gasteiger partial charge is 0.267 e. The molecule has 2 heterocycles. The topological polar surface area (TPSA) is 121 Å². The molecule has 2 aliphatic heterocycles. The third kappa shape index (κ3) is 3.08. The van der Waals surface area contributed by atoms with Gasteiger partial charge in [-0.05, 0) is 6.07 Å². The van der Waals surface area contributed by atoms with Gasteiger partial charge in [-0.1, -0.05) is 42.2 Å². The number of carbonyl (C=O) groups is 4. The zero-order chi connectivity index (χ0) is 19.0. The number of thioether (sulfide) groups is 1. The van der Waals surface area contributed by atoms with Crippen LogP contribution in [0.3, 0.4) is 0 Å². The molecule has 1 saturated heterocycles. The number of fused-ring (bicyclic) bond motifs is 1. The fourth-order valence-corrected chi connectivity index (χ4v) is 4.11. The van der Waals surface area contributed by atoms with Crippen molar-refractivity contribution < 1.29 is 29.4 Å². The molecule has 1 aromatic carbocycles. The van der Waals surface area contributed by atoms with E-state index >= 15 is 0 Å². The molecule has 0 aliphatic carbocycles. The Hall–Kier alpha value is -2.72. The van der Waals surface area contributed by atoms with E-state index in [4.69, 9.17) is 12.2 Å². The number of hydrogen-bond acceptors (Lipinski definition) is 8. The second-order valence-corrected chi connectivity index (χ2v) is 7.08. The number of aliphatic carboxylic acids is 2. The van der Waals surface area contributed by atoms with Gasteiger partial charge < -0.3 is 24.7 Å². The van der Waals surface area contributed by atoms with E-state index in [9.17, 15) is 29.4 Å². The number of nitrogens with zero attached hydrogens (tertiary/aromatic N) is 2. The predicted molar refractivity (Wildman–Crippen MR) is 92.2 cm³/mol. The normalized spacial score (nSPS) is 19.3. The summed E-state index contributed by atoms with van der Waals surface area (Å²) in [6.45, 7) is -0.813. The average Bonchev–Trinajstić information content (AvgIpc) is 3.00. The maximum Gasteiger partial charge on any atom is 0.267 e. The Kier molecular flexibility index (Phi) is 4.79. The molecule has 0 bridgehead atoms. The summed E-state index contributed by atoms with van der Waals surface area (Å²) in [4.78, 5) is 49.2. The fourth-order valence-electron chi connectivity index (χ4n) is 2.73. The van der Waals surface area contributed by atoms with Gasteiger partial charge in [0.25, 0.3) is 11.8 Å². The van der Waals surface area contributed by atoms with Crippen molar-refractivity contribution >= 4 is 63.3 Å². The second-order valence-electron chi connectivity index (χ2n) is 5.43. The van der Waals surface area contributed by atoms with Gasteiger partial charge in [0.15, 0.2) is 0 Å². The first-order valence-corrected chi connectivity index (χ1v) is 8.62. The van der Waals surface area contributed by atoms with E-state index in [0.717, 1.165) is 21.6 Å². The van der Waals surface area contributed by atoms with E-state index in [1.165, 1.54) is 0 Å². The molecule has 2 aliphatic rings. The number of anilines is 1. The first-order chi connectivity index (χ1) is 12.3. The standard InChI is InChI=1S/C16H12N2O6S2/c19-10(20)5-6-17-15(24)13(26-16(17)25)12-8-3-1-2-4-9(8)18(14(12)23)7-11(21)22/h1-4H,5-7H2,(H,19,20)(H,21,22)/p-2. The van der Waals surface area contributed by atoms with Crippen LogP contribution in [0.25, 0.3) is 5.57 Å². The number of carboxylic acid groups (broad SMARTS) is 2. The molecule has 8 nitrogen and oxygen atoms in total. The highest BCUT2D eigenvalue weighted by Gasteiger charge is 2.41. The van der Waals surface area contributed by atoms with Crippen molar-refractivity contribution in [3.05, 3.63) is 34.7 Å². The van der Waals surface area contributed by atoms with E-state index < -0.39 is 36.7 Å². The molecular weight excluding hydrogens is 380 g/mol. The Morgan fingerprint density at radius 2 is 1.73 bits per heavy atom. The number of rotatable bonds is 5. The Morgan fingerprint density at radius 3 is 2.38 bits per heavy atom. The van der Waals surface area contributed by atoms with E-state index in [1.54, 1.807) is 24.3 Å². The van der Waals surface area contributed by atoms with Gasteiger partial charge in [0.05, 0.1) is 28.7 Å². The Balaban J connectivity index is 2.04. The molecule has 0 N–H and O–H groups in total. The number of benzene rings is 1.